The zero-order valence-electron chi connectivity index (χ0n) is 11.5. The van der Waals surface area contributed by atoms with Crippen LogP contribution in [-0.2, 0) is 0 Å². The summed E-state index contributed by atoms with van der Waals surface area (Å²) in [5.74, 6) is 0.634. The zero-order valence-corrected chi connectivity index (χ0v) is 11.5. The van der Waals surface area contributed by atoms with Gasteiger partial charge in [0.05, 0.1) is 11.4 Å². The molecule has 2 N–H and O–H groups in total. The molecule has 2 aliphatic rings. The molecule has 0 heterocycles. The van der Waals surface area contributed by atoms with Crippen molar-refractivity contribution < 1.29 is 0 Å². The van der Waals surface area contributed by atoms with Crippen LogP contribution in [0.2, 0.25) is 0 Å². The van der Waals surface area contributed by atoms with Crippen LogP contribution >= 0.6 is 0 Å². The first-order chi connectivity index (χ1) is 8.40. The van der Waals surface area contributed by atoms with Gasteiger partial charge < -0.3 is 10.8 Å². The Morgan fingerprint density at radius 2 is 0.833 bits per heavy atom. The normalized spacial score (nSPS) is 28.4. The number of hydrogen-bond acceptors (Lipinski definition) is 2. The summed E-state index contributed by atoms with van der Waals surface area (Å²) in [5, 5.41) is 15.8. The van der Waals surface area contributed by atoms with E-state index in [1.165, 1.54) is 0 Å². The number of hydrogen-bond donors (Lipinski definition) is 2. The van der Waals surface area contributed by atoms with E-state index in [0.29, 0.717) is 23.3 Å². The number of nitrogens with one attached hydrogen (secondary N) is 2. The van der Waals surface area contributed by atoms with Crippen molar-refractivity contribution in [1.29, 1.82) is 10.8 Å². The van der Waals surface area contributed by atoms with Crippen molar-refractivity contribution in [2.75, 3.05) is 0 Å². The second-order valence-corrected chi connectivity index (χ2v) is 5.30. The Morgan fingerprint density at radius 1 is 0.611 bits per heavy atom. The van der Waals surface area contributed by atoms with Crippen LogP contribution in [-0.4, -0.2) is 11.4 Å². The third-order valence-corrected chi connectivity index (χ3v) is 3.79. The average molecular weight is 240 g/mol. The summed E-state index contributed by atoms with van der Waals surface area (Å²) < 4.78 is 0. The minimum absolute atomic E-state index is 0.317. The Kier molecular flexibility index (Phi) is 3.20. The molecule has 0 saturated carbocycles. The lowest BCUT2D eigenvalue weighted by Crippen LogP contribution is -2.19. The fourth-order valence-electron chi connectivity index (χ4n) is 2.65. The van der Waals surface area contributed by atoms with E-state index in [4.69, 9.17) is 10.8 Å². The quantitative estimate of drug-likeness (QED) is 0.694. The molecule has 2 aliphatic carbocycles. The van der Waals surface area contributed by atoms with Crippen LogP contribution in [0.15, 0.2) is 46.6 Å². The summed E-state index contributed by atoms with van der Waals surface area (Å²) >= 11 is 0. The summed E-state index contributed by atoms with van der Waals surface area (Å²) in [6, 6.07) is 0. The molecule has 0 aromatic carbocycles. The monoisotopic (exact) mass is 240 g/mol. The van der Waals surface area contributed by atoms with E-state index < -0.39 is 0 Å². The Labute approximate surface area is 109 Å². The molecule has 0 amide bonds. The largest absolute Gasteiger partial charge is 0.300 e. The SMILES string of the molecule is CC1=CC(C2C=C(C)C(=N)C(C)=C2)C=C(C)C1=N. The molecular formula is C16H20N2. The van der Waals surface area contributed by atoms with Gasteiger partial charge in [0.25, 0.3) is 0 Å². The Morgan fingerprint density at radius 3 is 1.06 bits per heavy atom. The summed E-state index contributed by atoms with van der Waals surface area (Å²) in [5.41, 5.74) is 5.51. The van der Waals surface area contributed by atoms with Crippen LogP contribution in [0.25, 0.3) is 0 Å². The first-order valence-corrected chi connectivity index (χ1v) is 6.32. The zero-order chi connectivity index (χ0) is 13.4. The highest BCUT2D eigenvalue weighted by Gasteiger charge is 2.23. The third kappa shape index (κ3) is 2.15. The van der Waals surface area contributed by atoms with Crippen LogP contribution in [0.1, 0.15) is 27.7 Å². The predicted molar refractivity (Wildman–Crippen MR) is 77.5 cm³/mol. The van der Waals surface area contributed by atoms with Crippen molar-refractivity contribution >= 4 is 11.4 Å². The van der Waals surface area contributed by atoms with Crippen LogP contribution in [0.3, 0.4) is 0 Å². The Bertz CT molecular complexity index is 447. The van der Waals surface area contributed by atoms with Gasteiger partial charge in [-0.15, -0.1) is 0 Å². The first kappa shape index (κ1) is 12.7. The highest BCUT2D eigenvalue weighted by molar-refractivity contribution is 6.11. The molecule has 0 aromatic heterocycles. The molecule has 0 radical (unpaired) electrons. The van der Waals surface area contributed by atoms with Gasteiger partial charge in [0.2, 0.25) is 0 Å². The van der Waals surface area contributed by atoms with Crippen LogP contribution in [0, 0.1) is 22.7 Å². The molecule has 0 saturated heterocycles. The van der Waals surface area contributed by atoms with E-state index in [-0.39, 0.29) is 0 Å². The molecule has 0 atom stereocenters. The lowest BCUT2D eigenvalue weighted by molar-refractivity contribution is 0.658. The summed E-state index contributed by atoms with van der Waals surface area (Å²) in [6.07, 6.45) is 8.68. The molecule has 0 unspecified atom stereocenters. The molecule has 94 valence electrons. The van der Waals surface area contributed by atoms with E-state index in [1.807, 2.05) is 27.7 Å². The average Bonchev–Trinajstić information content (AvgIpc) is 2.31. The highest BCUT2D eigenvalue weighted by atomic mass is 14.5. The fourth-order valence-corrected chi connectivity index (χ4v) is 2.65. The van der Waals surface area contributed by atoms with Crippen LogP contribution in [0.5, 0.6) is 0 Å². The fraction of sp³-hybridized carbons (Fsp3) is 0.375. The first-order valence-electron chi connectivity index (χ1n) is 6.32. The second-order valence-electron chi connectivity index (χ2n) is 5.30. The van der Waals surface area contributed by atoms with Crippen molar-refractivity contribution in [3.05, 3.63) is 46.6 Å². The molecule has 0 spiro atoms. The predicted octanol–water partition coefficient (Wildman–Crippen LogP) is 4.07. The van der Waals surface area contributed by atoms with E-state index >= 15 is 0 Å². The van der Waals surface area contributed by atoms with Gasteiger partial charge >= 0.3 is 0 Å². The molecule has 0 aliphatic heterocycles. The van der Waals surface area contributed by atoms with Gasteiger partial charge in [-0.2, -0.15) is 0 Å². The van der Waals surface area contributed by atoms with Crippen molar-refractivity contribution in [1.82, 2.24) is 0 Å². The molecule has 2 heteroatoms. The summed E-state index contributed by atoms with van der Waals surface area (Å²) in [6.45, 7) is 8.02. The smallest absolute Gasteiger partial charge is 0.0592 e. The van der Waals surface area contributed by atoms with Gasteiger partial charge in [-0.25, -0.2) is 0 Å². The molecule has 0 fully saturated rings. The molecule has 0 aromatic rings. The van der Waals surface area contributed by atoms with Gasteiger partial charge in [-0.1, -0.05) is 24.3 Å². The number of rotatable bonds is 1. The minimum atomic E-state index is 0.317. The molecule has 0 bridgehead atoms. The van der Waals surface area contributed by atoms with Gasteiger partial charge in [-0.3, -0.25) is 0 Å². The molecular weight excluding hydrogens is 220 g/mol. The van der Waals surface area contributed by atoms with Gasteiger partial charge in [0.15, 0.2) is 0 Å². The molecule has 2 rings (SSSR count). The maximum Gasteiger partial charge on any atom is 0.0592 e. The van der Waals surface area contributed by atoms with E-state index in [2.05, 4.69) is 24.3 Å². The van der Waals surface area contributed by atoms with Crippen molar-refractivity contribution in [2.45, 2.75) is 27.7 Å². The summed E-state index contributed by atoms with van der Waals surface area (Å²) in [4.78, 5) is 0. The molecule has 2 nitrogen and oxygen atoms in total. The highest BCUT2D eigenvalue weighted by Crippen LogP contribution is 2.31. The second kappa shape index (κ2) is 4.52. The van der Waals surface area contributed by atoms with Gasteiger partial charge in [0, 0.05) is 11.8 Å². The lowest BCUT2D eigenvalue weighted by Gasteiger charge is -2.26. The van der Waals surface area contributed by atoms with E-state index in [0.717, 1.165) is 22.3 Å². The Balaban J connectivity index is 2.35. The van der Waals surface area contributed by atoms with Gasteiger partial charge in [0.1, 0.15) is 0 Å². The third-order valence-electron chi connectivity index (χ3n) is 3.79. The van der Waals surface area contributed by atoms with Crippen molar-refractivity contribution in [2.24, 2.45) is 11.8 Å². The van der Waals surface area contributed by atoms with Gasteiger partial charge in [-0.05, 0) is 50.0 Å². The van der Waals surface area contributed by atoms with Crippen LogP contribution in [0.4, 0.5) is 0 Å². The van der Waals surface area contributed by atoms with Crippen LogP contribution < -0.4 is 0 Å². The Hall–Kier alpha value is -1.70. The topological polar surface area (TPSA) is 47.7 Å². The summed E-state index contributed by atoms with van der Waals surface area (Å²) in [7, 11) is 0. The van der Waals surface area contributed by atoms with E-state index in [1.54, 1.807) is 0 Å². The lowest BCUT2D eigenvalue weighted by atomic mass is 9.78. The maximum absolute atomic E-state index is 7.91. The molecule has 18 heavy (non-hydrogen) atoms. The maximum atomic E-state index is 7.91. The minimum Gasteiger partial charge on any atom is -0.300 e. The van der Waals surface area contributed by atoms with Crippen molar-refractivity contribution in [3.8, 4) is 0 Å². The van der Waals surface area contributed by atoms with E-state index in [9.17, 15) is 0 Å². The standard InChI is InChI=1S/C16H20N2/c1-9-5-13(6-10(2)15(9)17)14-7-11(3)16(18)12(4)8-14/h5-8,13-14,17-18H,1-4H3. The van der Waals surface area contributed by atoms with Crippen molar-refractivity contribution in [3.63, 3.8) is 0 Å². The number of allylic oxidation sites excluding steroid dienone is 8.